The van der Waals surface area contributed by atoms with Crippen molar-refractivity contribution in [1.29, 1.82) is 0 Å². The number of anilines is 1. The lowest BCUT2D eigenvalue weighted by atomic mass is 9.97. The quantitative estimate of drug-likeness (QED) is 0.688. The third-order valence-electron chi connectivity index (χ3n) is 2.59. The van der Waals surface area contributed by atoms with Gasteiger partial charge in [0.15, 0.2) is 0 Å². The summed E-state index contributed by atoms with van der Waals surface area (Å²) in [7, 11) is 0. The first kappa shape index (κ1) is 9.21. The van der Waals surface area contributed by atoms with Crippen LogP contribution in [0.3, 0.4) is 0 Å². The predicted octanol–water partition coefficient (Wildman–Crippen LogP) is 1.10. The Kier molecular flexibility index (Phi) is 2.50. The van der Waals surface area contributed by atoms with Crippen LogP contribution in [0.4, 0.5) is 5.69 Å². The molecule has 3 heteroatoms. The van der Waals surface area contributed by atoms with Gasteiger partial charge in [0.25, 0.3) is 0 Å². The molecule has 1 aromatic rings. The van der Waals surface area contributed by atoms with Crippen molar-refractivity contribution in [3.05, 3.63) is 29.3 Å². The summed E-state index contributed by atoms with van der Waals surface area (Å²) in [5, 5.41) is 12.1. The van der Waals surface area contributed by atoms with E-state index in [0.29, 0.717) is 0 Å². The molecule has 1 aliphatic rings. The molecule has 74 valence electrons. The number of fused-ring (bicyclic) bond motifs is 1. The van der Waals surface area contributed by atoms with Crippen LogP contribution in [0.5, 0.6) is 0 Å². The Morgan fingerprint density at radius 1 is 1.57 bits per heavy atom. The van der Waals surface area contributed by atoms with Crippen LogP contribution in [0.1, 0.15) is 17.5 Å². The van der Waals surface area contributed by atoms with Gasteiger partial charge in [-0.3, -0.25) is 0 Å². The van der Waals surface area contributed by atoms with E-state index >= 15 is 0 Å². The number of carbonyl (C=O) groups is 1. The highest BCUT2D eigenvalue weighted by molar-refractivity contribution is 5.68. The molecule has 0 spiro atoms. The van der Waals surface area contributed by atoms with Crippen molar-refractivity contribution in [2.24, 2.45) is 0 Å². The summed E-state index contributed by atoms with van der Waals surface area (Å²) in [5.41, 5.74) is 3.09. The molecule has 0 fully saturated rings. The van der Waals surface area contributed by atoms with Crippen LogP contribution < -0.4 is 5.32 Å². The van der Waals surface area contributed by atoms with Gasteiger partial charge in [0.1, 0.15) is 6.29 Å². The number of carbonyl (C=O) groups excluding carboxylic acids is 1. The maximum atomic E-state index is 10.6. The highest BCUT2D eigenvalue weighted by atomic mass is 16.3. The molecule has 0 aromatic heterocycles. The van der Waals surface area contributed by atoms with Crippen LogP contribution in [0.25, 0.3) is 0 Å². The lowest BCUT2D eigenvalue weighted by Crippen LogP contribution is -2.26. The van der Waals surface area contributed by atoms with Crippen molar-refractivity contribution in [2.75, 3.05) is 5.32 Å². The lowest BCUT2D eigenvalue weighted by Gasteiger charge is -2.23. The predicted molar refractivity (Wildman–Crippen MR) is 54.2 cm³/mol. The topological polar surface area (TPSA) is 49.3 Å². The van der Waals surface area contributed by atoms with Gasteiger partial charge in [-0.2, -0.15) is 0 Å². The lowest BCUT2D eigenvalue weighted by molar-refractivity contribution is -0.108. The van der Waals surface area contributed by atoms with Gasteiger partial charge in [0.05, 0.1) is 12.6 Å². The third-order valence-corrected chi connectivity index (χ3v) is 2.59. The van der Waals surface area contributed by atoms with E-state index in [2.05, 4.69) is 5.32 Å². The van der Waals surface area contributed by atoms with Crippen LogP contribution in [0.15, 0.2) is 18.2 Å². The summed E-state index contributed by atoms with van der Waals surface area (Å²) in [4.78, 5) is 10.6. The zero-order valence-corrected chi connectivity index (χ0v) is 7.86. The van der Waals surface area contributed by atoms with Crippen molar-refractivity contribution >= 4 is 12.0 Å². The third kappa shape index (κ3) is 1.63. The summed E-state index contributed by atoms with van der Waals surface area (Å²) < 4.78 is 0. The minimum absolute atomic E-state index is 0.0424. The van der Waals surface area contributed by atoms with Crippen molar-refractivity contribution in [3.8, 4) is 0 Å². The fraction of sp³-hybridized carbons (Fsp3) is 0.364. The van der Waals surface area contributed by atoms with Gasteiger partial charge < -0.3 is 15.2 Å². The molecule has 1 heterocycles. The van der Waals surface area contributed by atoms with E-state index in [1.54, 1.807) is 0 Å². The first-order valence-corrected chi connectivity index (χ1v) is 4.78. The molecule has 1 aliphatic heterocycles. The second-order valence-electron chi connectivity index (χ2n) is 3.58. The molecular weight excluding hydrogens is 178 g/mol. The first-order valence-electron chi connectivity index (χ1n) is 4.78. The Labute approximate surface area is 82.8 Å². The average molecular weight is 191 g/mol. The van der Waals surface area contributed by atoms with Crippen LogP contribution in [-0.4, -0.2) is 17.4 Å². The molecule has 0 bridgehead atoms. The highest BCUT2D eigenvalue weighted by Crippen LogP contribution is 2.25. The molecule has 3 nitrogen and oxygen atoms in total. The van der Waals surface area contributed by atoms with E-state index in [-0.39, 0.29) is 12.6 Å². The molecule has 0 aliphatic carbocycles. The Balaban J connectivity index is 2.29. The summed E-state index contributed by atoms with van der Waals surface area (Å²) in [6.45, 7) is 0.0424. The molecule has 0 radical (unpaired) electrons. The molecule has 0 saturated heterocycles. The molecule has 14 heavy (non-hydrogen) atoms. The Morgan fingerprint density at radius 2 is 2.43 bits per heavy atom. The Morgan fingerprint density at radius 3 is 3.14 bits per heavy atom. The minimum Gasteiger partial charge on any atom is -0.392 e. The maximum absolute atomic E-state index is 10.6. The van der Waals surface area contributed by atoms with E-state index in [9.17, 15) is 4.79 Å². The van der Waals surface area contributed by atoms with Gasteiger partial charge in [-0.25, -0.2) is 0 Å². The number of aliphatic hydroxyl groups excluding tert-OH is 1. The smallest absolute Gasteiger partial charge is 0.142 e. The second kappa shape index (κ2) is 3.80. The van der Waals surface area contributed by atoms with Crippen LogP contribution in [0, 0.1) is 0 Å². The zero-order valence-electron chi connectivity index (χ0n) is 7.86. The Hall–Kier alpha value is -1.35. The van der Waals surface area contributed by atoms with Crippen LogP contribution >= 0.6 is 0 Å². The summed E-state index contributed by atoms with van der Waals surface area (Å²) in [6, 6.07) is 5.76. The standard InChI is InChI=1S/C11H13NO2/c13-6-8-1-2-9-3-4-10(7-14)12-11(9)5-8/h1-2,5,7,10,12-13H,3-4,6H2. The fourth-order valence-electron chi connectivity index (χ4n) is 1.76. The van der Waals surface area contributed by atoms with E-state index in [0.717, 1.165) is 30.4 Å². The molecule has 0 saturated carbocycles. The average Bonchev–Trinajstić information content (AvgIpc) is 2.27. The van der Waals surface area contributed by atoms with Gasteiger partial charge in [-0.05, 0) is 30.0 Å². The van der Waals surface area contributed by atoms with Crippen molar-refractivity contribution < 1.29 is 9.90 Å². The fourth-order valence-corrected chi connectivity index (χ4v) is 1.76. The molecule has 2 rings (SSSR count). The van der Waals surface area contributed by atoms with E-state index in [1.807, 2.05) is 18.2 Å². The molecule has 1 atom stereocenters. The zero-order chi connectivity index (χ0) is 9.97. The van der Waals surface area contributed by atoms with Gasteiger partial charge >= 0.3 is 0 Å². The number of hydrogen-bond donors (Lipinski definition) is 2. The number of hydrogen-bond acceptors (Lipinski definition) is 3. The number of nitrogens with one attached hydrogen (secondary N) is 1. The number of rotatable bonds is 2. The summed E-state index contributed by atoms with van der Waals surface area (Å²) in [6.07, 6.45) is 2.72. The number of aryl methyl sites for hydroxylation is 1. The maximum Gasteiger partial charge on any atom is 0.142 e. The molecule has 1 aromatic carbocycles. The van der Waals surface area contributed by atoms with E-state index in [4.69, 9.17) is 5.11 Å². The Bertz CT molecular complexity index is 349. The number of aliphatic hydroxyl groups is 1. The second-order valence-corrected chi connectivity index (χ2v) is 3.58. The minimum atomic E-state index is -0.0727. The van der Waals surface area contributed by atoms with Gasteiger partial charge in [-0.1, -0.05) is 12.1 Å². The monoisotopic (exact) mass is 191 g/mol. The SMILES string of the molecule is O=CC1CCc2ccc(CO)cc2N1. The summed E-state index contributed by atoms with van der Waals surface area (Å²) >= 11 is 0. The van der Waals surface area contributed by atoms with Crippen LogP contribution in [-0.2, 0) is 17.8 Å². The molecule has 1 unspecified atom stereocenters. The van der Waals surface area contributed by atoms with Crippen molar-refractivity contribution in [2.45, 2.75) is 25.5 Å². The van der Waals surface area contributed by atoms with Gasteiger partial charge in [0, 0.05) is 5.69 Å². The van der Waals surface area contributed by atoms with Crippen LogP contribution in [0.2, 0.25) is 0 Å². The molecule has 2 N–H and O–H groups in total. The normalized spacial score (nSPS) is 19.6. The van der Waals surface area contributed by atoms with Crippen molar-refractivity contribution in [3.63, 3.8) is 0 Å². The van der Waals surface area contributed by atoms with E-state index in [1.165, 1.54) is 5.56 Å². The largest absolute Gasteiger partial charge is 0.392 e. The van der Waals surface area contributed by atoms with Gasteiger partial charge in [-0.15, -0.1) is 0 Å². The molecular formula is C11H13NO2. The summed E-state index contributed by atoms with van der Waals surface area (Å²) in [5.74, 6) is 0. The number of benzene rings is 1. The van der Waals surface area contributed by atoms with E-state index < -0.39 is 0 Å². The molecule has 0 amide bonds. The first-order chi connectivity index (χ1) is 6.83. The van der Waals surface area contributed by atoms with Crippen molar-refractivity contribution in [1.82, 2.24) is 0 Å². The highest BCUT2D eigenvalue weighted by Gasteiger charge is 2.16. The number of aldehydes is 1. The van der Waals surface area contributed by atoms with Gasteiger partial charge in [0.2, 0.25) is 0 Å².